The number of hydrogen-bond acceptors (Lipinski definition) is 4. The maximum atomic E-state index is 12.3. The Labute approximate surface area is 110 Å². The molecule has 6 nitrogen and oxygen atoms in total. The first-order valence-corrected chi connectivity index (χ1v) is 7.22. The average molecular weight is 274 g/mol. The number of rotatable bonds is 1. The number of carboxylic acid groups (broad SMARTS) is 1. The highest BCUT2D eigenvalue weighted by atomic mass is 32.2. The van der Waals surface area contributed by atoms with E-state index in [1.807, 2.05) is 6.92 Å². The van der Waals surface area contributed by atoms with Gasteiger partial charge >= 0.3 is 12.0 Å². The first-order chi connectivity index (χ1) is 8.50. The Hall–Kier alpha value is -0.950. The van der Waals surface area contributed by atoms with Crippen LogP contribution in [0.2, 0.25) is 0 Å². The SMILES string of the molecule is CC1CSCCN1C(=O)N1CC(O)CC1C(=O)O. The Morgan fingerprint density at radius 2 is 2.06 bits per heavy atom. The van der Waals surface area contributed by atoms with Crippen LogP contribution in [0.4, 0.5) is 4.79 Å². The minimum Gasteiger partial charge on any atom is -0.480 e. The summed E-state index contributed by atoms with van der Waals surface area (Å²) < 4.78 is 0. The van der Waals surface area contributed by atoms with Crippen LogP contribution in [0, 0.1) is 0 Å². The topological polar surface area (TPSA) is 81.1 Å². The molecule has 2 fully saturated rings. The van der Waals surface area contributed by atoms with Crippen molar-refractivity contribution in [1.82, 2.24) is 9.80 Å². The van der Waals surface area contributed by atoms with E-state index >= 15 is 0 Å². The third-order valence-electron chi connectivity index (χ3n) is 3.42. The number of carbonyl (C=O) groups is 2. The quantitative estimate of drug-likeness (QED) is 0.707. The Bertz CT molecular complexity index is 352. The second-order valence-corrected chi connectivity index (χ2v) is 5.95. The van der Waals surface area contributed by atoms with Gasteiger partial charge < -0.3 is 20.0 Å². The first-order valence-electron chi connectivity index (χ1n) is 6.06. The molecule has 0 bridgehead atoms. The number of nitrogens with zero attached hydrogens (tertiary/aromatic N) is 2. The summed E-state index contributed by atoms with van der Waals surface area (Å²) in [6, 6.07) is -1.04. The number of aliphatic carboxylic acids is 1. The largest absolute Gasteiger partial charge is 0.480 e. The zero-order valence-electron chi connectivity index (χ0n) is 10.3. The summed E-state index contributed by atoms with van der Waals surface area (Å²) in [7, 11) is 0. The Kier molecular flexibility index (Phi) is 4.01. The van der Waals surface area contributed by atoms with Crippen molar-refractivity contribution in [1.29, 1.82) is 0 Å². The van der Waals surface area contributed by atoms with E-state index in [9.17, 15) is 14.7 Å². The lowest BCUT2D eigenvalue weighted by atomic mass is 10.2. The van der Waals surface area contributed by atoms with Crippen LogP contribution in [-0.4, -0.2) is 74.8 Å². The van der Waals surface area contributed by atoms with Crippen LogP contribution in [0.5, 0.6) is 0 Å². The van der Waals surface area contributed by atoms with E-state index in [2.05, 4.69) is 0 Å². The molecule has 0 spiro atoms. The molecular weight excluding hydrogens is 256 g/mol. The number of aliphatic hydroxyl groups is 1. The number of carboxylic acids is 1. The van der Waals surface area contributed by atoms with Gasteiger partial charge in [0, 0.05) is 37.1 Å². The molecule has 3 unspecified atom stereocenters. The molecule has 2 heterocycles. The number of carbonyl (C=O) groups excluding carboxylic acids is 1. The Morgan fingerprint density at radius 1 is 1.33 bits per heavy atom. The lowest BCUT2D eigenvalue weighted by Gasteiger charge is -2.37. The molecule has 0 aromatic carbocycles. The van der Waals surface area contributed by atoms with Crippen LogP contribution >= 0.6 is 11.8 Å². The number of thioether (sulfide) groups is 1. The molecule has 0 aliphatic carbocycles. The summed E-state index contributed by atoms with van der Waals surface area (Å²) in [5, 5.41) is 18.6. The van der Waals surface area contributed by atoms with E-state index in [0.29, 0.717) is 6.54 Å². The standard InChI is InChI=1S/C11H18N2O4S/c1-7-6-18-3-2-12(7)11(17)13-5-8(14)4-9(13)10(15)16/h7-9,14H,2-6H2,1H3,(H,15,16). The number of β-amino-alcohol motifs (C(OH)–C–C–N with tert-alkyl or cyclic N) is 1. The summed E-state index contributed by atoms with van der Waals surface area (Å²) in [6.07, 6.45) is -0.609. The number of amides is 2. The third kappa shape index (κ3) is 2.56. The van der Waals surface area contributed by atoms with Crippen molar-refractivity contribution >= 4 is 23.8 Å². The molecule has 7 heteroatoms. The van der Waals surface area contributed by atoms with Gasteiger partial charge in [-0.15, -0.1) is 0 Å². The third-order valence-corrected chi connectivity index (χ3v) is 4.61. The van der Waals surface area contributed by atoms with Crippen molar-refractivity contribution in [3.8, 4) is 0 Å². The average Bonchev–Trinajstić information content (AvgIpc) is 2.71. The van der Waals surface area contributed by atoms with Gasteiger partial charge in [0.15, 0.2) is 0 Å². The second kappa shape index (κ2) is 5.36. The van der Waals surface area contributed by atoms with Gasteiger partial charge in [0.05, 0.1) is 6.10 Å². The fraction of sp³-hybridized carbons (Fsp3) is 0.818. The number of hydrogen-bond donors (Lipinski definition) is 2. The molecule has 0 saturated carbocycles. The van der Waals surface area contributed by atoms with E-state index in [1.54, 1.807) is 16.7 Å². The highest BCUT2D eigenvalue weighted by Crippen LogP contribution is 2.23. The maximum Gasteiger partial charge on any atom is 0.326 e. The molecule has 2 rings (SSSR count). The summed E-state index contributed by atoms with van der Waals surface area (Å²) in [4.78, 5) is 26.4. The number of aliphatic hydroxyl groups excluding tert-OH is 1. The van der Waals surface area contributed by atoms with Crippen molar-refractivity contribution in [2.45, 2.75) is 31.5 Å². The van der Waals surface area contributed by atoms with E-state index in [0.717, 1.165) is 11.5 Å². The smallest absolute Gasteiger partial charge is 0.326 e. The highest BCUT2D eigenvalue weighted by molar-refractivity contribution is 7.99. The minimum atomic E-state index is -1.04. The summed E-state index contributed by atoms with van der Waals surface area (Å²) >= 11 is 1.80. The fourth-order valence-electron chi connectivity index (χ4n) is 2.44. The molecule has 2 aliphatic heterocycles. The molecule has 2 saturated heterocycles. The van der Waals surface area contributed by atoms with E-state index in [-0.39, 0.29) is 25.0 Å². The summed E-state index contributed by atoms with van der Waals surface area (Å²) in [6.45, 7) is 2.72. The van der Waals surface area contributed by atoms with Gasteiger partial charge in [0.1, 0.15) is 6.04 Å². The predicted octanol–water partition coefficient (Wildman–Crippen LogP) is 0.0635. The molecule has 2 aliphatic rings. The molecule has 3 atom stereocenters. The van der Waals surface area contributed by atoms with Gasteiger partial charge in [-0.05, 0) is 6.92 Å². The van der Waals surface area contributed by atoms with Crippen molar-refractivity contribution in [2.75, 3.05) is 24.6 Å². The summed E-state index contributed by atoms with van der Waals surface area (Å²) in [5.41, 5.74) is 0. The first kappa shape index (κ1) is 13.5. The van der Waals surface area contributed by atoms with Crippen LogP contribution in [0.3, 0.4) is 0 Å². The fourth-order valence-corrected chi connectivity index (χ4v) is 3.45. The molecule has 0 aromatic rings. The van der Waals surface area contributed by atoms with Gasteiger partial charge in [-0.2, -0.15) is 11.8 Å². The maximum absolute atomic E-state index is 12.3. The van der Waals surface area contributed by atoms with Crippen LogP contribution < -0.4 is 0 Å². The van der Waals surface area contributed by atoms with Crippen LogP contribution in [-0.2, 0) is 4.79 Å². The lowest BCUT2D eigenvalue weighted by Crippen LogP contribution is -2.53. The molecule has 0 aromatic heterocycles. The molecule has 2 amide bonds. The zero-order chi connectivity index (χ0) is 13.3. The predicted molar refractivity (Wildman–Crippen MR) is 67.6 cm³/mol. The zero-order valence-corrected chi connectivity index (χ0v) is 11.1. The molecule has 2 N–H and O–H groups in total. The number of urea groups is 1. The van der Waals surface area contributed by atoms with E-state index in [1.165, 1.54) is 4.90 Å². The van der Waals surface area contributed by atoms with E-state index < -0.39 is 18.1 Å². The molecular formula is C11H18N2O4S. The van der Waals surface area contributed by atoms with Gasteiger partial charge in [0.25, 0.3) is 0 Å². The van der Waals surface area contributed by atoms with Gasteiger partial charge in [-0.3, -0.25) is 0 Å². The van der Waals surface area contributed by atoms with Gasteiger partial charge in [-0.1, -0.05) is 0 Å². The molecule has 102 valence electrons. The summed E-state index contributed by atoms with van der Waals surface area (Å²) in [5.74, 6) is 0.711. The number of likely N-dealkylation sites (tertiary alicyclic amines) is 1. The highest BCUT2D eigenvalue weighted by Gasteiger charge is 2.41. The van der Waals surface area contributed by atoms with E-state index in [4.69, 9.17) is 5.11 Å². The van der Waals surface area contributed by atoms with Crippen LogP contribution in [0.1, 0.15) is 13.3 Å². The monoisotopic (exact) mass is 274 g/mol. The molecule has 18 heavy (non-hydrogen) atoms. The van der Waals surface area contributed by atoms with Crippen molar-refractivity contribution < 1.29 is 19.8 Å². The van der Waals surface area contributed by atoms with Gasteiger partial charge in [0.2, 0.25) is 0 Å². The van der Waals surface area contributed by atoms with Crippen molar-refractivity contribution in [3.05, 3.63) is 0 Å². The second-order valence-electron chi connectivity index (χ2n) is 4.80. The van der Waals surface area contributed by atoms with Crippen molar-refractivity contribution in [3.63, 3.8) is 0 Å². The van der Waals surface area contributed by atoms with Gasteiger partial charge in [-0.25, -0.2) is 9.59 Å². The molecule has 0 radical (unpaired) electrons. The van der Waals surface area contributed by atoms with Crippen LogP contribution in [0.15, 0.2) is 0 Å². The Balaban J connectivity index is 2.09. The lowest BCUT2D eigenvalue weighted by molar-refractivity contribution is -0.141. The van der Waals surface area contributed by atoms with Crippen molar-refractivity contribution in [2.24, 2.45) is 0 Å². The van der Waals surface area contributed by atoms with Crippen LogP contribution in [0.25, 0.3) is 0 Å². The minimum absolute atomic E-state index is 0.114. The Morgan fingerprint density at radius 3 is 2.67 bits per heavy atom. The normalized spacial score (nSPS) is 32.7.